The predicted molar refractivity (Wildman–Crippen MR) is 56.6 cm³/mol. The van der Waals surface area contributed by atoms with Crippen molar-refractivity contribution >= 4 is 29.2 Å². The Morgan fingerprint density at radius 3 is 2.87 bits per heavy atom. The third-order valence-corrected chi connectivity index (χ3v) is 3.14. The quantitative estimate of drug-likeness (QED) is 0.565. The summed E-state index contributed by atoms with van der Waals surface area (Å²) in [5.74, 6) is 0.128. The highest BCUT2D eigenvalue weighted by Gasteiger charge is 2.31. The van der Waals surface area contributed by atoms with E-state index in [1.54, 1.807) is 18.2 Å². The second kappa shape index (κ2) is 3.91. The van der Waals surface area contributed by atoms with Gasteiger partial charge in [-0.15, -0.1) is 11.6 Å². The first kappa shape index (κ1) is 10.6. The third kappa shape index (κ3) is 1.77. The number of ether oxygens (including phenoxy) is 2. The smallest absolute Gasteiger partial charge is 0.337 e. The van der Waals surface area contributed by atoms with Crippen molar-refractivity contribution in [2.45, 2.75) is 10.9 Å². The summed E-state index contributed by atoms with van der Waals surface area (Å²) in [6, 6.07) is 4.94. The van der Waals surface area contributed by atoms with Gasteiger partial charge in [0.15, 0.2) is 5.56 Å². The molecule has 0 saturated heterocycles. The standard InChI is InChI=1S/C10H8Cl2O3/c1-14-10(13)5-2-3-6-7(4-5)15-9(12)8(6)11/h2-4,8-9H,1H3/t8-,9+/m1/s1. The van der Waals surface area contributed by atoms with Crippen molar-refractivity contribution in [3.8, 4) is 5.75 Å². The van der Waals surface area contributed by atoms with E-state index in [1.807, 2.05) is 0 Å². The minimum atomic E-state index is -0.588. The average Bonchev–Trinajstić information content (AvgIpc) is 2.53. The lowest BCUT2D eigenvalue weighted by molar-refractivity contribution is 0.0600. The number of methoxy groups -OCH3 is 1. The van der Waals surface area contributed by atoms with Crippen molar-refractivity contribution in [2.24, 2.45) is 0 Å². The monoisotopic (exact) mass is 246 g/mol. The van der Waals surface area contributed by atoms with Gasteiger partial charge in [0.1, 0.15) is 11.1 Å². The van der Waals surface area contributed by atoms with Crippen molar-refractivity contribution in [3.05, 3.63) is 29.3 Å². The van der Waals surface area contributed by atoms with E-state index in [2.05, 4.69) is 4.74 Å². The number of benzene rings is 1. The Labute approximate surface area is 96.9 Å². The molecule has 2 atom stereocenters. The Morgan fingerprint density at radius 2 is 2.20 bits per heavy atom. The highest BCUT2D eigenvalue weighted by Crippen LogP contribution is 2.42. The number of halogens is 2. The van der Waals surface area contributed by atoms with Crippen LogP contribution in [-0.2, 0) is 4.74 Å². The van der Waals surface area contributed by atoms with Crippen molar-refractivity contribution in [3.63, 3.8) is 0 Å². The van der Waals surface area contributed by atoms with Crippen molar-refractivity contribution in [1.29, 1.82) is 0 Å². The highest BCUT2D eigenvalue weighted by molar-refractivity contribution is 6.30. The van der Waals surface area contributed by atoms with Crippen LogP contribution in [0, 0.1) is 0 Å². The third-order valence-electron chi connectivity index (χ3n) is 2.20. The highest BCUT2D eigenvalue weighted by atomic mass is 35.5. The zero-order chi connectivity index (χ0) is 11.0. The number of carbonyl (C=O) groups excluding carboxylic acids is 1. The average molecular weight is 247 g/mol. The minimum absolute atomic E-state index is 0.381. The number of carbonyl (C=O) groups is 1. The van der Waals surface area contributed by atoms with Crippen LogP contribution in [-0.4, -0.2) is 18.6 Å². The van der Waals surface area contributed by atoms with Gasteiger partial charge in [-0.25, -0.2) is 4.79 Å². The summed E-state index contributed by atoms with van der Waals surface area (Å²) in [6.45, 7) is 0. The van der Waals surface area contributed by atoms with Crippen LogP contribution in [0.2, 0.25) is 0 Å². The lowest BCUT2D eigenvalue weighted by atomic mass is 10.1. The van der Waals surface area contributed by atoms with Gasteiger partial charge in [0.2, 0.25) is 0 Å². The lowest BCUT2D eigenvalue weighted by Gasteiger charge is -2.02. The molecule has 0 bridgehead atoms. The molecule has 15 heavy (non-hydrogen) atoms. The molecule has 80 valence electrons. The molecule has 0 saturated carbocycles. The molecule has 0 radical (unpaired) electrons. The molecule has 1 aliphatic rings. The van der Waals surface area contributed by atoms with Gasteiger partial charge in [-0.3, -0.25) is 0 Å². The van der Waals surface area contributed by atoms with E-state index in [9.17, 15) is 4.79 Å². The minimum Gasteiger partial charge on any atom is -0.472 e. The van der Waals surface area contributed by atoms with E-state index >= 15 is 0 Å². The summed E-state index contributed by atoms with van der Waals surface area (Å²) < 4.78 is 9.87. The Hall–Kier alpha value is -0.930. The maximum absolute atomic E-state index is 11.2. The molecular weight excluding hydrogens is 239 g/mol. The molecule has 1 aliphatic heterocycles. The molecule has 0 fully saturated rings. The molecule has 1 aromatic rings. The fourth-order valence-corrected chi connectivity index (χ4v) is 1.89. The van der Waals surface area contributed by atoms with Crippen LogP contribution in [0.4, 0.5) is 0 Å². The van der Waals surface area contributed by atoms with E-state index < -0.39 is 11.5 Å². The first-order chi connectivity index (χ1) is 7.13. The molecule has 0 unspecified atom stereocenters. The molecule has 0 spiro atoms. The fourth-order valence-electron chi connectivity index (χ4n) is 1.43. The SMILES string of the molecule is COC(=O)c1ccc2c(c1)O[C@H](Cl)[C@@H]2Cl. The normalized spacial score (nSPS) is 23.1. The molecule has 0 aliphatic carbocycles. The second-order valence-corrected chi connectivity index (χ2v) is 4.02. The zero-order valence-corrected chi connectivity index (χ0v) is 9.38. The van der Waals surface area contributed by atoms with E-state index in [-0.39, 0.29) is 5.38 Å². The van der Waals surface area contributed by atoms with Gasteiger partial charge in [0.25, 0.3) is 0 Å². The number of alkyl halides is 2. The second-order valence-electron chi connectivity index (χ2n) is 3.11. The molecule has 3 nitrogen and oxygen atoms in total. The molecule has 0 aromatic heterocycles. The largest absolute Gasteiger partial charge is 0.472 e. The first-order valence-corrected chi connectivity index (χ1v) is 5.18. The molecular formula is C10H8Cl2O3. The summed E-state index contributed by atoms with van der Waals surface area (Å²) in [5, 5.41) is -0.381. The Kier molecular flexibility index (Phi) is 2.76. The number of hydrogen-bond donors (Lipinski definition) is 0. The molecule has 0 amide bonds. The van der Waals surface area contributed by atoms with Crippen molar-refractivity contribution in [1.82, 2.24) is 0 Å². The maximum Gasteiger partial charge on any atom is 0.337 e. The molecule has 0 N–H and O–H groups in total. The van der Waals surface area contributed by atoms with Gasteiger partial charge in [0.05, 0.1) is 12.7 Å². The summed E-state index contributed by atoms with van der Waals surface area (Å²) in [4.78, 5) is 11.2. The van der Waals surface area contributed by atoms with Crippen LogP contribution in [0.25, 0.3) is 0 Å². The van der Waals surface area contributed by atoms with Gasteiger partial charge in [0, 0.05) is 5.56 Å². The topological polar surface area (TPSA) is 35.5 Å². The van der Waals surface area contributed by atoms with E-state index in [4.69, 9.17) is 27.9 Å². The number of esters is 1. The summed E-state index contributed by atoms with van der Waals surface area (Å²) >= 11 is 11.8. The Bertz CT molecular complexity index is 406. The molecule has 1 aromatic carbocycles. The summed E-state index contributed by atoms with van der Waals surface area (Å²) in [5.41, 5.74) is 0.629. The van der Waals surface area contributed by atoms with Gasteiger partial charge < -0.3 is 9.47 Å². The van der Waals surface area contributed by atoms with Crippen LogP contribution >= 0.6 is 23.2 Å². The van der Waals surface area contributed by atoms with E-state index in [0.29, 0.717) is 11.3 Å². The molecule has 5 heteroatoms. The predicted octanol–water partition coefficient (Wildman–Crippen LogP) is 2.71. The number of hydrogen-bond acceptors (Lipinski definition) is 3. The van der Waals surface area contributed by atoms with Gasteiger partial charge in [-0.05, 0) is 12.1 Å². The van der Waals surface area contributed by atoms with Crippen LogP contribution in [0.1, 0.15) is 21.3 Å². The van der Waals surface area contributed by atoms with Crippen LogP contribution < -0.4 is 4.74 Å². The van der Waals surface area contributed by atoms with Gasteiger partial charge >= 0.3 is 5.97 Å². The Morgan fingerprint density at radius 1 is 1.47 bits per heavy atom. The van der Waals surface area contributed by atoms with E-state index in [0.717, 1.165) is 5.56 Å². The van der Waals surface area contributed by atoms with Crippen molar-refractivity contribution in [2.75, 3.05) is 7.11 Å². The summed E-state index contributed by atoms with van der Waals surface area (Å²) in [7, 11) is 1.32. The summed E-state index contributed by atoms with van der Waals surface area (Å²) in [6.07, 6.45) is 0. The maximum atomic E-state index is 11.2. The lowest BCUT2D eigenvalue weighted by Crippen LogP contribution is -2.05. The first-order valence-electron chi connectivity index (χ1n) is 4.30. The fraction of sp³-hybridized carbons (Fsp3) is 0.300. The number of rotatable bonds is 1. The van der Waals surface area contributed by atoms with Gasteiger partial charge in [-0.1, -0.05) is 17.7 Å². The Balaban J connectivity index is 2.37. The van der Waals surface area contributed by atoms with Crippen molar-refractivity contribution < 1.29 is 14.3 Å². The van der Waals surface area contributed by atoms with E-state index in [1.165, 1.54) is 7.11 Å². The molecule has 1 heterocycles. The van der Waals surface area contributed by atoms with Crippen LogP contribution in [0.3, 0.4) is 0 Å². The van der Waals surface area contributed by atoms with Gasteiger partial charge in [-0.2, -0.15) is 0 Å². The van der Waals surface area contributed by atoms with Crippen LogP contribution in [0.5, 0.6) is 5.75 Å². The van der Waals surface area contributed by atoms with Crippen LogP contribution in [0.15, 0.2) is 18.2 Å². The zero-order valence-electron chi connectivity index (χ0n) is 7.87. The molecule has 2 rings (SSSR count). The number of fused-ring (bicyclic) bond motifs is 1.